The van der Waals surface area contributed by atoms with Gasteiger partial charge in [0.25, 0.3) is 5.91 Å². The summed E-state index contributed by atoms with van der Waals surface area (Å²) in [4.78, 5) is 27.4. The molecule has 2 aromatic rings. The van der Waals surface area contributed by atoms with Crippen molar-refractivity contribution in [3.8, 4) is 5.75 Å². The summed E-state index contributed by atoms with van der Waals surface area (Å²) in [5.41, 5.74) is 2.85. The van der Waals surface area contributed by atoms with Crippen molar-refractivity contribution in [2.75, 3.05) is 12.4 Å². The lowest BCUT2D eigenvalue weighted by molar-refractivity contribution is 0.101. The predicted molar refractivity (Wildman–Crippen MR) is 90.9 cm³/mol. The second-order valence-corrected chi connectivity index (χ2v) is 5.62. The highest BCUT2D eigenvalue weighted by Gasteiger charge is 2.22. The second kappa shape index (κ2) is 6.87. The van der Waals surface area contributed by atoms with Crippen LogP contribution >= 0.6 is 11.6 Å². The first kappa shape index (κ1) is 17.1. The molecule has 23 heavy (non-hydrogen) atoms. The number of aryl methyl sites for hydroxylation is 1. The van der Waals surface area contributed by atoms with E-state index in [1.165, 1.54) is 14.0 Å². The Morgan fingerprint density at radius 3 is 2.61 bits per heavy atom. The van der Waals surface area contributed by atoms with Crippen molar-refractivity contribution < 1.29 is 14.3 Å². The van der Waals surface area contributed by atoms with Crippen LogP contribution in [-0.4, -0.2) is 23.8 Å². The number of aromatic nitrogens is 1. The summed E-state index contributed by atoms with van der Waals surface area (Å²) in [6.45, 7) is 5.19. The van der Waals surface area contributed by atoms with Gasteiger partial charge in [-0.3, -0.25) is 9.59 Å². The highest BCUT2D eigenvalue weighted by Crippen LogP contribution is 2.29. The zero-order chi connectivity index (χ0) is 17.1. The van der Waals surface area contributed by atoms with E-state index in [9.17, 15) is 9.59 Å². The number of ketones is 1. The minimum Gasteiger partial charge on any atom is -0.495 e. The predicted octanol–water partition coefficient (Wildman–Crippen LogP) is 4.00. The number of benzene rings is 1. The number of H-pyrrole nitrogens is 1. The first-order valence-corrected chi connectivity index (χ1v) is 7.64. The third-order valence-electron chi connectivity index (χ3n) is 3.63. The van der Waals surface area contributed by atoms with Crippen LogP contribution in [0.3, 0.4) is 0 Å². The molecule has 5 nitrogen and oxygen atoms in total. The fourth-order valence-electron chi connectivity index (χ4n) is 2.66. The number of hydrogen-bond acceptors (Lipinski definition) is 3. The van der Waals surface area contributed by atoms with Gasteiger partial charge in [-0.2, -0.15) is 0 Å². The number of carbonyl (C=O) groups is 2. The zero-order valence-corrected chi connectivity index (χ0v) is 14.3. The fraction of sp³-hybridized carbons (Fsp3) is 0.294. The molecule has 0 radical (unpaired) electrons. The molecule has 0 aliphatic carbocycles. The summed E-state index contributed by atoms with van der Waals surface area (Å²) in [5.74, 6) is 0.115. The molecule has 0 atom stereocenters. The van der Waals surface area contributed by atoms with Gasteiger partial charge >= 0.3 is 0 Å². The molecule has 0 saturated carbocycles. The monoisotopic (exact) mass is 334 g/mol. The van der Waals surface area contributed by atoms with E-state index in [1.54, 1.807) is 25.1 Å². The molecule has 0 aliphatic heterocycles. The van der Waals surface area contributed by atoms with E-state index in [0.29, 0.717) is 45.4 Å². The Bertz CT molecular complexity index is 765. The van der Waals surface area contributed by atoms with Crippen molar-refractivity contribution in [2.24, 2.45) is 0 Å². The van der Waals surface area contributed by atoms with Crippen LogP contribution < -0.4 is 10.1 Å². The van der Waals surface area contributed by atoms with Crippen LogP contribution in [0.1, 0.15) is 46.0 Å². The Labute approximate surface area is 140 Å². The lowest BCUT2D eigenvalue weighted by atomic mass is 10.0. The molecule has 0 unspecified atom stereocenters. The Morgan fingerprint density at radius 2 is 2.04 bits per heavy atom. The first-order valence-electron chi connectivity index (χ1n) is 7.26. The number of hydrogen-bond donors (Lipinski definition) is 2. The third-order valence-corrected chi connectivity index (χ3v) is 3.87. The van der Waals surface area contributed by atoms with Crippen molar-refractivity contribution >= 4 is 29.0 Å². The van der Waals surface area contributed by atoms with E-state index in [1.807, 2.05) is 6.92 Å². The maximum atomic E-state index is 12.6. The average Bonchev–Trinajstić information content (AvgIpc) is 2.84. The molecule has 1 heterocycles. The van der Waals surface area contributed by atoms with Crippen LogP contribution in [0, 0.1) is 6.92 Å². The molecule has 1 amide bonds. The Morgan fingerprint density at radius 1 is 1.35 bits per heavy atom. The van der Waals surface area contributed by atoms with Crippen LogP contribution in [-0.2, 0) is 6.42 Å². The minimum atomic E-state index is -0.335. The van der Waals surface area contributed by atoms with Crippen LogP contribution in [0.15, 0.2) is 18.2 Å². The number of nitrogens with one attached hydrogen (secondary N) is 2. The van der Waals surface area contributed by atoms with Crippen LogP contribution in [0.25, 0.3) is 0 Å². The molecule has 0 spiro atoms. The van der Waals surface area contributed by atoms with Gasteiger partial charge in [-0.1, -0.05) is 18.5 Å². The largest absolute Gasteiger partial charge is 0.495 e. The van der Waals surface area contributed by atoms with Gasteiger partial charge in [0.2, 0.25) is 0 Å². The molecular formula is C17H19ClN2O3. The lowest BCUT2D eigenvalue weighted by Gasteiger charge is -2.11. The number of methoxy groups -OCH3 is 1. The van der Waals surface area contributed by atoms with E-state index < -0.39 is 0 Å². The van der Waals surface area contributed by atoms with Gasteiger partial charge in [-0.15, -0.1) is 0 Å². The maximum absolute atomic E-state index is 12.6. The number of amides is 1. The number of Topliss-reactive ketones (excluding diaryl/α,β-unsaturated/α-hetero) is 1. The van der Waals surface area contributed by atoms with Crippen molar-refractivity contribution in [3.63, 3.8) is 0 Å². The number of rotatable bonds is 5. The molecule has 1 aromatic heterocycles. The van der Waals surface area contributed by atoms with Crippen molar-refractivity contribution in [3.05, 3.63) is 45.7 Å². The summed E-state index contributed by atoms with van der Waals surface area (Å²) in [5, 5.41) is 3.27. The molecule has 1 aromatic carbocycles. The van der Waals surface area contributed by atoms with Gasteiger partial charge in [-0.25, -0.2) is 0 Å². The first-order chi connectivity index (χ1) is 10.9. The third kappa shape index (κ3) is 3.40. The summed E-state index contributed by atoms with van der Waals surface area (Å²) in [6, 6.07) is 4.98. The molecule has 2 N–H and O–H groups in total. The Kier molecular flexibility index (Phi) is 5.11. The van der Waals surface area contributed by atoms with Gasteiger partial charge in [-0.05, 0) is 44.0 Å². The molecule has 6 heteroatoms. The molecule has 0 saturated heterocycles. The van der Waals surface area contributed by atoms with E-state index >= 15 is 0 Å². The minimum absolute atomic E-state index is 0.0602. The van der Waals surface area contributed by atoms with Crippen LogP contribution in [0.5, 0.6) is 5.75 Å². The maximum Gasteiger partial charge on any atom is 0.272 e. The summed E-state index contributed by atoms with van der Waals surface area (Å²) < 4.78 is 5.22. The smallest absolute Gasteiger partial charge is 0.272 e. The van der Waals surface area contributed by atoms with Gasteiger partial charge in [0.15, 0.2) is 5.78 Å². The number of carbonyl (C=O) groups excluding carboxylic acids is 2. The van der Waals surface area contributed by atoms with Crippen molar-refractivity contribution in [2.45, 2.75) is 27.2 Å². The SMILES string of the molecule is CCc1c(C(=O)Nc2cc(Cl)ccc2OC)[nH]c(C)c1C(C)=O. The normalized spacial score (nSPS) is 10.5. The summed E-state index contributed by atoms with van der Waals surface area (Å²) in [7, 11) is 1.52. The van der Waals surface area contributed by atoms with Crippen molar-refractivity contribution in [1.82, 2.24) is 4.98 Å². The average molecular weight is 335 g/mol. The molecule has 122 valence electrons. The highest BCUT2D eigenvalue weighted by molar-refractivity contribution is 6.31. The van der Waals surface area contributed by atoms with Crippen LogP contribution in [0.2, 0.25) is 5.02 Å². The van der Waals surface area contributed by atoms with Crippen molar-refractivity contribution in [1.29, 1.82) is 0 Å². The van der Waals surface area contributed by atoms with E-state index in [4.69, 9.17) is 16.3 Å². The highest BCUT2D eigenvalue weighted by atomic mass is 35.5. The summed E-state index contributed by atoms with van der Waals surface area (Å²) in [6.07, 6.45) is 0.578. The fourth-order valence-corrected chi connectivity index (χ4v) is 2.84. The standard InChI is InChI=1S/C17H19ClN2O3/c1-5-12-15(10(3)21)9(2)19-16(12)17(22)20-13-8-11(18)6-7-14(13)23-4/h6-8,19H,5H2,1-4H3,(H,20,22). The number of aromatic amines is 1. The zero-order valence-electron chi connectivity index (χ0n) is 13.5. The Hall–Kier alpha value is -2.27. The van der Waals surface area contributed by atoms with E-state index in [-0.39, 0.29) is 11.7 Å². The molecule has 0 fully saturated rings. The molecule has 0 bridgehead atoms. The Balaban J connectivity index is 2.41. The van der Waals surface area contributed by atoms with Gasteiger partial charge < -0.3 is 15.0 Å². The number of ether oxygens (including phenoxy) is 1. The van der Waals surface area contributed by atoms with Gasteiger partial charge in [0.05, 0.1) is 12.8 Å². The number of halogens is 1. The van der Waals surface area contributed by atoms with Crippen LogP contribution in [0.4, 0.5) is 5.69 Å². The van der Waals surface area contributed by atoms with E-state index in [0.717, 1.165) is 0 Å². The number of anilines is 1. The van der Waals surface area contributed by atoms with Gasteiger partial charge in [0.1, 0.15) is 11.4 Å². The lowest BCUT2D eigenvalue weighted by Crippen LogP contribution is -2.15. The molecule has 0 aliphatic rings. The quantitative estimate of drug-likeness (QED) is 0.812. The van der Waals surface area contributed by atoms with E-state index in [2.05, 4.69) is 10.3 Å². The topological polar surface area (TPSA) is 71.2 Å². The molecule has 2 rings (SSSR count). The molecular weight excluding hydrogens is 316 g/mol. The second-order valence-electron chi connectivity index (χ2n) is 5.19. The summed E-state index contributed by atoms with van der Waals surface area (Å²) >= 11 is 5.97. The van der Waals surface area contributed by atoms with Gasteiger partial charge in [0, 0.05) is 16.3 Å².